The van der Waals surface area contributed by atoms with E-state index in [1.165, 1.54) is 0 Å². The molecule has 0 aliphatic rings. The zero-order valence-electron chi connectivity index (χ0n) is 14.5. The smallest absolute Gasteiger partial charge is 0.251 e. The number of pyridine rings is 1. The lowest BCUT2D eigenvalue weighted by molar-refractivity contribution is -0.120. The van der Waals surface area contributed by atoms with Crippen LogP contribution in [0.1, 0.15) is 44.7 Å². The molecule has 2 rings (SSSR count). The van der Waals surface area contributed by atoms with E-state index in [-0.39, 0.29) is 11.5 Å². The first-order valence-corrected chi connectivity index (χ1v) is 8.14. The number of rotatable bonds is 5. The summed E-state index contributed by atoms with van der Waals surface area (Å²) in [4.78, 5) is 26.5. The number of carbonyl (C=O) groups is 1. The van der Waals surface area contributed by atoms with Gasteiger partial charge in [0.05, 0.1) is 6.42 Å². The Balaban J connectivity index is 1.95. The highest BCUT2D eigenvalue weighted by atomic mass is 16.1. The van der Waals surface area contributed by atoms with Gasteiger partial charge in [0, 0.05) is 17.6 Å². The maximum atomic E-state index is 12.0. The molecule has 0 fully saturated rings. The zero-order chi connectivity index (χ0) is 17.0. The first-order valence-electron chi connectivity index (χ1n) is 8.14. The Hall–Kier alpha value is -2.10. The highest BCUT2D eigenvalue weighted by molar-refractivity contribution is 5.83. The van der Waals surface area contributed by atoms with E-state index in [2.05, 4.69) is 31.1 Å². The average Bonchev–Trinajstić information content (AvgIpc) is 2.44. The number of benzene rings is 1. The van der Waals surface area contributed by atoms with Gasteiger partial charge in [0.25, 0.3) is 5.56 Å². The number of aromatic amines is 1. The molecule has 1 aromatic carbocycles. The molecule has 4 heteroatoms. The summed E-state index contributed by atoms with van der Waals surface area (Å²) in [7, 11) is 0. The molecule has 0 saturated heterocycles. The summed E-state index contributed by atoms with van der Waals surface area (Å²) in [5.41, 5.74) is 2.67. The number of aromatic nitrogens is 1. The number of nitrogens with one attached hydrogen (secondary N) is 2. The molecule has 0 radical (unpaired) electrons. The van der Waals surface area contributed by atoms with Crippen LogP contribution in [0.5, 0.6) is 0 Å². The van der Waals surface area contributed by atoms with Crippen LogP contribution >= 0.6 is 0 Å². The van der Waals surface area contributed by atoms with Gasteiger partial charge in [-0.05, 0) is 54.3 Å². The van der Waals surface area contributed by atoms with Crippen LogP contribution < -0.4 is 10.9 Å². The average molecular weight is 314 g/mol. The molecule has 1 heterocycles. The molecule has 4 nitrogen and oxygen atoms in total. The Kier molecular flexibility index (Phi) is 5.24. The van der Waals surface area contributed by atoms with Gasteiger partial charge in [0.15, 0.2) is 0 Å². The fraction of sp³-hybridized carbons (Fsp3) is 0.474. The van der Waals surface area contributed by atoms with Gasteiger partial charge in [-0.25, -0.2) is 0 Å². The minimum atomic E-state index is -0.0677. The van der Waals surface area contributed by atoms with Gasteiger partial charge < -0.3 is 10.3 Å². The van der Waals surface area contributed by atoms with Crippen LogP contribution in [0, 0.1) is 12.3 Å². The van der Waals surface area contributed by atoms with Crippen LogP contribution in [0.3, 0.4) is 0 Å². The summed E-state index contributed by atoms with van der Waals surface area (Å²) in [6.07, 6.45) is 2.45. The van der Waals surface area contributed by atoms with E-state index in [9.17, 15) is 9.59 Å². The van der Waals surface area contributed by atoms with Crippen LogP contribution in [0.15, 0.2) is 29.1 Å². The topological polar surface area (TPSA) is 62.0 Å². The predicted octanol–water partition coefficient (Wildman–Crippen LogP) is 3.32. The van der Waals surface area contributed by atoms with Gasteiger partial charge in [-0.3, -0.25) is 9.59 Å². The lowest BCUT2D eigenvalue weighted by atomic mass is 9.91. The maximum absolute atomic E-state index is 12.0. The number of hydrogen-bond donors (Lipinski definition) is 2. The van der Waals surface area contributed by atoms with E-state index in [1.54, 1.807) is 6.92 Å². The summed E-state index contributed by atoms with van der Waals surface area (Å²) < 4.78 is 0. The number of amides is 1. The quantitative estimate of drug-likeness (QED) is 0.832. The molecule has 0 spiro atoms. The van der Waals surface area contributed by atoms with Crippen molar-refractivity contribution >= 4 is 16.8 Å². The van der Waals surface area contributed by atoms with Gasteiger partial charge in [0.1, 0.15) is 0 Å². The lowest BCUT2D eigenvalue weighted by Crippen LogP contribution is -2.26. The van der Waals surface area contributed by atoms with Crippen molar-refractivity contribution in [3.63, 3.8) is 0 Å². The minimum Gasteiger partial charge on any atom is -0.356 e. The summed E-state index contributed by atoms with van der Waals surface area (Å²) >= 11 is 0. The highest BCUT2D eigenvalue weighted by Crippen LogP contribution is 2.19. The SMILES string of the molecule is Cc1cc2cc(CC(=O)NCCCC(C)(C)C)ccc2[nH]c1=O. The standard InChI is InChI=1S/C19H26N2O2/c1-13-10-15-11-14(6-7-16(15)21-18(13)23)12-17(22)20-9-5-8-19(2,3)4/h6-7,10-11H,5,8-9,12H2,1-4H3,(H,20,22)(H,21,23). The third-order valence-electron chi connectivity index (χ3n) is 3.88. The maximum Gasteiger partial charge on any atom is 0.251 e. The molecule has 0 saturated carbocycles. The van der Waals surface area contributed by atoms with E-state index in [1.807, 2.05) is 24.3 Å². The molecule has 2 N–H and O–H groups in total. The molecular weight excluding hydrogens is 288 g/mol. The molecular formula is C19H26N2O2. The largest absolute Gasteiger partial charge is 0.356 e. The fourth-order valence-corrected chi connectivity index (χ4v) is 2.57. The fourth-order valence-electron chi connectivity index (χ4n) is 2.57. The van der Waals surface area contributed by atoms with Crippen molar-refractivity contribution in [3.05, 3.63) is 45.7 Å². The van der Waals surface area contributed by atoms with E-state index < -0.39 is 0 Å². The van der Waals surface area contributed by atoms with Crippen molar-refractivity contribution in [2.75, 3.05) is 6.54 Å². The third kappa shape index (κ3) is 5.23. The van der Waals surface area contributed by atoms with Crippen molar-refractivity contribution < 1.29 is 4.79 Å². The van der Waals surface area contributed by atoms with Gasteiger partial charge in [-0.15, -0.1) is 0 Å². The first kappa shape index (κ1) is 17.3. The monoisotopic (exact) mass is 314 g/mol. The number of carbonyl (C=O) groups excluding carboxylic acids is 1. The van der Waals surface area contributed by atoms with E-state index in [4.69, 9.17) is 0 Å². The predicted molar refractivity (Wildman–Crippen MR) is 94.7 cm³/mol. The molecule has 0 atom stereocenters. The third-order valence-corrected chi connectivity index (χ3v) is 3.88. The molecule has 23 heavy (non-hydrogen) atoms. The molecule has 0 aliphatic carbocycles. The Morgan fingerprint density at radius 1 is 1.22 bits per heavy atom. The van der Waals surface area contributed by atoms with Crippen molar-refractivity contribution in [1.29, 1.82) is 0 Å². The number of hydrogen-bond acceptors (Lipinski definition) is 2. The van der Waals surface area contributed by atoms with Gasteiger partial charge in [0.2, 0.25) is 5.91 Å². The number of aryl methyl sites for hydroxylation is 1. The molecule has 1 aromatic heterocycles. The van der Waals surface area contributed by atoms with E-state index in [0.717, 1.165) is 35.9 Å². The molecule has 0 aliphatic heterocycles. The Labute approximate surface area is 137 Å². The van der Waals surface area contributed by atoms with Crippen LogP contribution in [0.2, 0.25) is 0 Å². The van der Waals surface area contributed by atoms with Gasteiger partial charge in [-0.2, -0.15) is 0 Å². The van der Waals surface area contributed by atoms with Crippen LogP contribution in [-0.4, -0.2) is 17.4 Å². The van der Waals surface area contributed by atoms with Gasteiger partial charge in [-0.1, -0.05) is 26.8 Å². The normalized spacial score (nSPS) is 11.7. The molecule has 1 amide bonds. The highest BCUT2D eigenvalue weighted by Gasteiger charge is 2.10. The molecule has 2 aromatic rings. The van der Waals surface area contributed by atoms with Crippen molar-refractivity contribution in [2.24, 2.45) is 5.41 Å². The van der Waals surface area contributed by atoms with Crippen molar-refractivity contribution in [1.82, 2.24) is 10.3 Å². The molecule has 124 valence electrons. The Morgan fingerprint density at radius 2 is 1.96 bits per heavy atom. The van der Waals surface area contributed by atoms with Crippen LogP contribution in [0.4, 0.5) is 0 Å². The van der Waals surface area contributed by atoms with Crippen LogP contribution in [-0.2, 0) is 11.2 Å². The number of H-pyrrole nitrogens is 1. The van der Waals surface area contributed by atoms with E-state index >= 15 is 0 Å². The Bertz CT molecular complexity index is 754. The number of fused-ring (bicyclic) bond motifs is 1. The van der Waals surface area contributed by atoms with Crippen molar-refractivity contribution in [2.45, 2.75) is 47.0 Å². The second-order valence-electron chi connectivity index (χ2n) is 7.39. The summed E-state index contributed by atoms with van der Waals surface area (Å²) in [5, 5.41) is 3.93. The van der Waals surface area contributed by atoms with Crippen molar-refractivity contribution in [3.8, 4) is 0 Å². The second kappa shape index (κ2) is 6.99. The summed E-state index contributed by atoms with van der Waals surface area (Å²) in [6.45, 7) is 9.12. The van der Waals surface area contributed by atoms with Crippen LogP contribution in [0.25, 0.3) is 10.9 Å². The minimum absolute atomic E-state index is 0.0411. The molecule has 0 bridgehead atoms. The Morgan fingerprint density at radius 3 is 2.65 bits per heavy atom. The first-order chi connectivity index (χ1) is 10.7. The molecule has 0 unspecified atom stereocenters. The summed E-state index contributed by atoms with van der Waals surface area (Å²) in [5.74, 6) is 0.0411. The lowest BCUT2D eigenvalue weighted by Gasteiger charge is -2.17. The van der Waals surface area contributed by atoms with Gasteiger partial charge >= 0.3 is 0 Å². The van der Waals surface area contributed by atoms with E-state index in [0.29, 0.717) is 17.4 Å². The zero-order valence-corrected chi connectivity index (χ0v) is 14.5. The summed E-state index contributed by atoms with van der Waals surface area (Å²) in [6, 6.07) is 7.58. The second-order valence-corrected chi connectivity index (χ2v) is 7.39.